The Morgan fingerprint density at radius 3 is 2.26 bits per heavy atom. The molecule has 0 radical (unpaired) electrons. The van der Waals surface area contributed by atoms with E-state index in [4.69, 9.17) is 10.8 Å². The highest BCUT2D eigenvalue weighted by Crippen LogP contribution is 2.18. The molecule has 1 aromatic rings. The molecule has 1 aromatic carbocycles. The van der Waals surface area contributed by atoms with E-state index in [-0.39, 0.29) is 6.54 Å². The second kappa shape index (κ2) is 6.37. The largest absolute Gasteiger partial charge is 0.395 e. The smallest absolute Gasteiger partial charge is 0.255 e. The lowest BCUT2D eigenvalue weighted by molar-refractivity contribution is 0.0508. The fourth-order valence-electron chi connectivity index (χ4n) is 1.45. The second-order valence-electron chi connectivity index (χ2n) is 3.72. The number of hydrogen-bond donors (Lipinski definition) is 2. The normalized spacial score (nSPS) is 10.8. The Hall–Kier alpha value is -1.83. The number of halogens is 4. The van der Waals surface area contributed by atoms with Crippen LogP contribution in [0.2, 0.25) is 0 Å². The second-order valence-corrected chi connectivity index (χ2v) is 3.72. The minimum absolute atomic E-state index is 0.364. The fraction of sp³-hybridized carbons (Fsp3) is 0.364. The zero-order valence-corrected chi connectivity index (χ0v) is 9.75. The molecule has 0 aromatic heterocycles. The molecule has 0 aliphatic rings. The third-order valence-electron chi connectivity index (χ3n) is 2.34. The summed E-state index contributed by atoms with van der Waals surface area (Å²) in [4.78, 5) is 12.4. The van der Waals surface area contributed by atoms with Crippen molar-refractivity contribution in [2.45, 2.75) is 6.43 Å². The van der Waals surface area contributed by atoms with Gasteiger partial charge in [0.25, 0.3) is 12.3 Å². The van der Waals surface area contributed by atoms with Gasteiger partial charge in [0.2, 0.25) is 0 Å². The van der Waals surface area contributed by atoms with Crippen LogP contribution in [0.3, 0.4) is 0 Å². The summed E-state index contributed by atoms with van der Waals surface area (Å²) in [5.74, 6) is -3.30. The monoisotopic (exact) mass is 280 g/mol. The third kappa shape index (κ3) is 3.82. The summed E-state index contributed by atoms with van der Waals surface area (Å²) in [6.07, 6.45) is -2.82. The number of nitrogens with two attached hydrogens (primary N) is 1. The molecule has 0 bridgehead atoms. The van der Waals surface area contributed by atoms with Crippen molar-refractivity contribution in [3.8, 4) is 0 Å². The van der Waals surface area contributed by atoms with Gasteiger partial charge in [-0.15, -0.1) is 0 Å². The molecule has 0 spiro atoms. The molecule has 0 saturated carbocycles. The van der Waals surface area contributed by atoms with Crippen LogP contribution < -0.4 is 5.73 Å². The predicted octanol–water partition coefficient (Wildman–Crippen LogP) is 1.25. The quantitative estimate of drug-likeness (QED) is 0.630. The first-order valence-electron chi connectivity index (χ1n) is 5.29. The van der Waals surface area contributed by atoms with E-state index in [0.29, 0.717) is 17.0 Å². The van der Waals surface area contributed by atoms with Gasteiger partial charge in [0, 0.05) is 12.1 Å². The van der Waals surface area contributed by atoms with E-state index in [1.807, 2.05) is 0 Å². The summed E-state index contributed by atoms with van der Waals surface area (Å²) < 4.78 is 50.9. The molecule has 4 nitrogen and oxygen atoms in total. The summed E-state index contributed by atoms with van der Waals surface area (Å²) in [5, 5.41) is 8.69. The number of nitrogen functional groups attached to an aromatic ring is 1. The zero-order chi connectivity index (χ0) is 14.6. The Kier molecular flexibility index (Phi) is 5.11. The number of carbonyl (C=O) groups excluding carboxylic acids is 1. The highest BCUT2D eigenvalue weighted by atomic mass is 19.3. The summed E-state index contributed by atoms with van der Waals surface area (Å²) in [6.45, 7) is -1.85. The van der Waals surface area contributed by atoms with Crippen LogP contribution in [-0.4, -0.2) is 42.0 Å². The number of aliphatic hydroxyl groups excluding tert-OH is 1. The SMILES string of the molecule is Nc1c(F)cc(C(=O)N(CCO)CC(F)F)cc1F. The Bertz CT molecular complexity index is 445. The van der Waals surface area contributed by atoms with E-state index in [9.17, 15) is 22.4 Å². The Balaban J connectivity index is 3.02. The number of anilines is 1. The van der Waals surface area contributed by atoms with Crippen molar-refractivity contribution in [2.24, 2.45) is 0 Å². The molecule has 8 heteroatoms. The van der Waals surface area contributed by atoms with Crippen molar-refractivity contribution in [3.63, 3.8) is 0 Å². The number of aliphatic hydroxyl groups is 1. The summed E-state index contributed by atoms with van der Waals surface area (Å²) in [5.41, 5.74) is 3.83. The maximum absolute atomic E-state index is 13.2. The Morgan fingerprint density at radius 2 is 1.84 bits per heavy atom. The fourth-order valence-corrected chi connectivity index (χ4v) is 1.45. The van der Waals surface area contributed by atoms with Gasteiger partial charge in [0.15, 0.2) is 0 Å². The van der Waals surface area contributed by atoms with Crippen LogP contribution >= 0.6 is 0 Å². The zero-order valence-electron chi connectivity index (χ0n) is 9.75. The van der Waals surface area contributed by atoms with Gasteiger partial charge in [-0.1, -0.05) is 0 Å². The maximum Gasteiger partial charge on any atom is 0.255 e. The molecule has 0 aliphatic heterocycles. The minimum atomic E-state index is -2.82. The predicted molar refractivity (Wildman–Crippen MR) is 59.8 cm³/mol. The van der Waals surface area contributed by atoms with Crippen molar-refractivity contribution < 1.29 is 27.5 Å². The van der Waals surface area contributed by atoms with Crippen LogP contribution in [0.4, 0.5) is 23.2 Å². The first kappa shape index (κ1) is 15.2. The standard InChI is InChI=1S/C11H12F4N2O2/c12-7-3-6(4-8(13)10(7)16)11(19)17(1-2-18)5-9(14)15/h3-4,9,18H,1-2,5,16H2. The van der Waals surface area contributed by atoms with Gasteiger partial charge in [-0.25, -0.2) is 17.6 Å². The van der Waals surface area contributed by atoms with Crippen LogP contribution in [0.25, 0.3) is 0 Å². The molecule has 0 heterocycles. The molecule has 3 N–H and O–H groups in total. The lowest BCUT2D eigenvalue weighted by Crippen LogP contribution is -2.37. The summed E-state index contributed by atoms with van der Waals surface area (Å²) in [6, 6.07) is 1.33. The molecule has 0 fully saturated rings. The van der Waals surface area contributed by atoms with Crippen LogP contribution in [0.15, 0.2) is 12.1 Å². The lowest BCUT2D eigenvalue weighted by atomic mass is 10.1. The molecule has 0 aliphatic carbocycles. The highest BCUT2D eigenvalue weighted by Gasteiger charge is 2.21. The number of amides is 1. The summed E-state index contributed by atoms with van der Waals surface area (Å²) >= 11 is 0. The van der Waals surface area contributed by atoms with E-state index < -0.39 is 48.4 Å². The average molecular weight is 280 g/mol. The van der Waals surface area contributed by atoms with Crippen LogP contribution in [0.5, 0.6) is 0 Å². The van der Waals surface area contributed by atoms with Crippen molar-refractivity contribution >= 4 is 11.6 Å². The maximum atomic E-state index is 13.2. The molecule has 1 amide bonds. The topological polar surface area (TPSA) is 66.6 Å². The average Bonchev–Trinajstić information content (AvgIpc) is 2.33. The molecule has 0 unspecified atom stereocenters. The molecule has 19 heavy (non-hydrogen) atoms. The minimum Gasteiger partial charge on any atom is -0.395 e. The molecular formula is C11H12F4N2O2. The number of carbonyl (C=O) groups is 1. The van der Waals surface area contributed by atoms with E-state index in [1.165, 1.54) is 0 Å². The lowest BCUT2D eigenvalue weighted by Gasteiger charge is -2.21. The molecular weight excluding hydrogens is 268 g/mol. The van der Waals surface area contributed by atoms with Gasteiger partial charge in [-0.05, 0) is 12.1 Å². The van der Waals surface area contributed by atoms with E-state index in [2.05, 4.69) is 0 Å². The van der Waals surface area contributed by atoms with Gasteiger partial charge in [0.1, 0.15) is 17.3 Å². The van der Waals surface area contributed by atoms with Crippen molar-refractivity contribution in [3.05, 3.63) is 29.3 Å². The van der Waals surface area contributed by atoms with Crippen LogP contribution in [0.1, 0.15) is 10.4 Å². The van der Waals surface area contributed by atoms with E-state index in [1.54, 1.807) is 0 Å². The number of nitrogens with zero attached hydrogens (tertiary/aromatic N) is 1. The molecule has 0 saturated heterocycles. The van der Waals surface area contributed by atoms with Crippen LogP contribution in [0, 0.1) is 11.6 Å². The van der Waals surface area contributed by atoms with Gasteiger partial charge < -0.3 is 15.7 Å². The van der Waals surface area contributed by atoms with Gasteiger partial charge in [-0.2, -0.15) is 0 Å². The number of rotatable bonds is 5. The molecule has 1 rings (SSSR count). The van der Waals surface area contributed by atoms with Crippen molar-refractivity contribution in [1.82, 2.24) is 4.90 Å². The molecule has 106 valence electrons. The van der Waals surface area contributed by atoms with E-state index in [0.717, 1.165) is 0 Å². The number of benzene rings is 1. The van der Waals surface area contributed by atoms with Crippen molar-refractivity contribution in [1.29, 1.82) is 0 Å². The Morgan fingerprint density at radius 1 is 1.32 bits per heavy atom. The summed E-state index contributed by atoms with van der Waals surface area (Å²) in [7, 11) is 0. The third-order valence-corrected chi connectivity index (χ3v) is 2.34. The van der Waals surface area contributed by atoms with Gasteiger partial charge in [0.05, 0.1) is 13.2 Å². The number of alkyl halides is 2. The highest BCUT2D eigenvalue weighted by molar-refractivity contribution is 5.94. The van der Waals surface area contributed by atoms with Crippen LogP contribution in [-0.2, 0) is 0 Å². The van der Waals surface area contributed by atoms with Crippen molar-refractivity contribution in [2.75, 3.05) is 25.4 Å². The Labute approximate surface area is 106 Å². The first-order valence-corrected chi connectivity index (χ1v) is 5.29. The first-order chi connectivity index (χ1) is 8.86. The van der Waals surface area contributed by atoms with Gasteiger partial charge >= 0.3 is 0 Å². The van der Waals surface area contributed by atoms with Gasteiger partial charge in [-0.3, -0.25) is 4.79 Å². The van der Waals surface area contributed by atoms with E-state index >= 15 is 0 Å². The number of hydrogen-bond acceptors (Lipinski definition) is 3. The molecule has 0 atom stereocenters.